The monoisotopic (exact) mass is 477 g/mol. The van der Waals surface area contributed by atoms with Gasteiger partial charge in [0.25, 0.3) is 5.91 Å². The maximum absolute atomic E-state index is 13.7. The summed E-state index contributed by atoms with van der Waals surface area (Å²) in [4.78, 5) is 19.5. The third-order valence-corrected chi connectivity index (χ3v) is 6.24. The largest absolute Gasteiger partial charge is 0.494 e. The van der Waals surface area contributed by atoms with Gasteiger partial charge in [-0.15, -0.1) is 0 Å². The van der Waals surface area contributed by atoms with E-state index in [1.165, 1.54) is 13.2 Å². The van der Waals surface area contributed by atoms with Gasteiger partial charge in [-0.3, -0.25) is 4.79 Å². The molecule has 0 radical (unpaired) electrons. The SMILES string of the molecule is COc1c(C#N)ccc(OCC2(C)COC2)c1C(=O)N1Cc2cn(-c3ccc(F)c(C)n3)nc2C1. The van der Waals surface area contributed by atoms with Crippen molar-refractivity contribution in [2.45, 2.75) is 26.9 Å². The second-order valence-corrected chi connectivity index (χ2v) is 9.17. The summed E-state index contributed by atoms with van der Waals surface area (Å²) in [6, 6.07) is 8.21. The number of ether oxygens (including phenoxy) is 3. The van der Waals surface area contributed by atoms with Crippen molar-refractivity contribution in [3.05, 3.63) is 64.4 Å². The summed E-state index contributed by atoms with van der Waals surface area (Å²) in [6.45, 7) is 5.78. The van der Waals surface area contributed by atoms with Gasteiger partial charge < -0.3 is 19.1 Å². The lowest BCUT2D eigenvalue weighted by atomic mass is 9.90. The Bertz CT molecular complexity index is 1340. The highest BCUT2D eigenvalue weighted by Gasteiger charge is 2.36. The van der Waals surface area contributed by atoms with Crippen molar-refractivity contribution in [1.29, 1.82) is 5.26 Å². The summed E-state index contributed by atoms with van der Waals surface area (Å²) in [6.07, 6.45) is 1.79. The maximum Gasteiger partial charge on any atom is 0.262 e. The Morgan fingerprint density at radius 3 is 2.71 bits per heavy atom. The normalized spacial score (nSPS) is 15.8. The zero-order valence-electron chi connectivity index (χ0n) is 19.7. The Kier molecular flexibility index (Phi) is 5.65. The molecular weight excluding hydrogens is 453 g/mol. The van der Waals surface area contributed by atoms with Crippen LogP contribution in [0.3, 0.4) is 0 Å². The quantitative estimate of drug-likeness (QED) is 0.537. The van der Waals surface area contributed by atoms with Crippen LogP contribution in [0.4, 0.5) is 4.39 Å². The molecule has 1 amide bonds. The molecule has 2 aliphatic heterocycles. The van der Waals surface area contributed by atoms with Crippen LogP contribution in [0.25, 0.3) is 5.82 Å². The predicted molar refractivity (Wildman–Crippen MR) is 122 cm³/mol. The number of carbonyl (C=O) groups excluding carboxylic acids is 1. The number of nitriles is 1. The predicted octanol–water partition coefficient (Wildman–Crippen LogP) is 3.17. The highest BCUT2D eigenvalue weighted by molar-refractivity contribution is 6.00. The van der Waals surface area contributed by atoms with Crippen LogP contribution in [-0.4, -0.2) is 52.5 Å². The standard InChI is InChI=1S/C25H24FN5O4/c1-15-18(26)5-7-21(28-15)31-10-17-9-30(11-19(17)29-31)24(32)22-20(35-14-25(2)12-34-13-25)6-4-16(8-27)23(22)33-3/h4-7,10H,9,11-14H2,1-3H3. The van der Waals surface area contributed by atoms with Crippen molar-refractivity contribution < 1.29 is 23.4 Å². The van der Waals surface area contributed by atoms with Crippen LogP contribution in [-0.2, 0) is 17.8 Å². The number of amides is 1. The molecule has 5 rings (SSSR count). The molecular formula is C25H24FN5O4. The molecule has 0 atom stereocenters. The molecule has 0 bridgehead atoms. The highest BCUT2D eigenvalue weighted by Crippen LogP contribution is 2.37. The second kappa shape index (κ2) is 8.67. The number of carbonyl (C=O) groups is 1. The second-order valence-electron chi connectivity index (χ2n) is 9.17. The molecule has 1 saturated heterocycles. The van der Waals surface area contributed by atoms with Crippen LogP contribution >= 0.6 is 0 Å². The molecule has 0 N–H and O–H groups in total. The van der Waals surface area contributed by atoms with Gasteiger partial charge in [0.15, 0.2) is 11.6 Å². The molecule has 0 saturated carbocycles. The number of rotatable bonds is 6. The molecule has 10 heteroatoms. The van der Waals surface area contributed by atoms with Gasteiger partial charge in [0, 0.05) is 23.7 Å². The number of fused-ring (bicyclic) bond motifs is 1. The first-order valence-electron chi connectivity index (χ1n) is 11.1. The van der Waals surface area contributed by atoms with Gasteiger partial charge in [0.05, 0.1) is 50.4 Å². The Labute approximate surface area is 201 Å². The van der Waals surface area contributed by atoms with Crippen molar-refractivity contribution in [2.75, 3.05) is 26.9 Å². The Balaban J connectivity index is 1.41. The van der Waals surface area contributed by atoms with Gasteiger partial charge >= 0.3 is 0 Å². The van der Waals surface area contributed by atoms with E-state index in [2.05, 4.69) is 16.2 Å². The van der Waals surface area contributed by atoms with Crippen molar-refractivity contribution in [3.8, 4) is 23.4 Å². The van der Waals surface area contributed by atoms with E-state index in [4.69, 9.17) is 14.2 Å². The Hall–Kier alpha value is -3.97. The third-order valence-electron chi connectivity index (χ3n) is 6.24. The third kappa shape index (κ3) is 4.08. The van der Waals surface area contributed by atoms with Crippen LogP contribution < -0.4 is 9.47 Å². The molecule has 3 aromatic rings. The number of aryl methyl sites for hydroxylation is 1. The summed E-state index contributed by atoms with van der Waals surface area (Å²) in [5, 5.41) is 14.1. The average Bonchev–Trinajstić information content (AvgIpc) is 3.41. The molecule has 180 valence electrons. The van der Waals surface area contributed by atoms with Crippen molar-refractivity contribution in [3.63, 3.8) is 0 Å². The van der Waals surface area contributed by atoms with Gasteiger partial charge in [-0.2, -0.15) is 10.4 Å². The van der Waals surface area contributed by atoms with Gasteiger partial charge in [0.1, 0.15) is 23.2 Å². The molecule has 4 heterocycles. The Morgan fingerprint density at radius 1 is 1.29 bits per heavy atom. The molecule has 35 heavy (non-hydrogen) atoms. The van der Waals surface area contributed by atoms with Crippen LogP contribution in [0.15, 0.2) is 30.5 Å². The van der Waals surface area contributed by atoms with Crippen molar-refractivity contribution in [1.82, 2.24) is 19.7 Å². The minimum atomic E-state index is -0.379. The molecule has 0 aliphatic carbocycles. The van der Waals surface area contributed by atoms with Crippen LogP contribution in [0.5, 0.6) is 11.5 Å². The lowest BCUT2D eigenvalue weighted by molar-refractivity contribution is -0.120. The zero-order valence-corrected chi connectivity index (χ0v) is 19.7. The zero-order chi connectivity index (χ0) is 24.7. The summed E-state index contributed by atoms with van der Waals surface area (Å²) < 4.78 is 32.0. The van der Waals surface area contributed by atoms with E-state index < -0.39 is 0 Å². The van der Waals surface area contributed by atoms with Crippen LogP contribution in [0, 0.1) is 29.5 Å². The number of halogens is 1. The van der Waals surface area contributed by atoms with E-state index in [9.17, 15) is 14.4 Å². The fourth-order valence-corrected chi connectivity index (χ4v) is 4.20. The van der Waals surface area contributed by atoms with Gasteiger partial charge in [0.2, 0.25) is 0 Å². The van der Waals surface area contributed by atoms with Crippen molar-refractivity contribution in [2.24, 2.45) is 5.41 Å². The lowest BCUT2D eigenvalue weighted by Gasteiger charge is -2.37. The van der Waals surface area contributed by atoms with E-state index in [1.54, 1.807) is 40.9 Å². The first-order valence-corrected chi connectivity index (χ1v) is 11.1. The van der Waals surface area contributed by atoms with Gasteiger partial charge in [-0.1, -0.05) is 6.92 Å². The number of hydrogen-bond donors (Lipinski definition) is 0. The van der Waals surface area contributed by atoms with Crippen LogP contribution in [0.2, 0.25) is 0 Å². The number of nitrogens with zero attached hydrogens (tertiary/aromatic N) is 5. The number of methoxy groups -OCH3 is 1. The first-order chi connectivity index (χ1) is 16.8. The summed E-state index contributed by atoms with van der Waals surface area (Å²) in [7, 11) is 1.43. The highest BCUT2D eigenvalue weighted by atomic mass is 19.1. The average molecular weight is 477 g/mol. The number of pyridine rings is 1. The van der Waals surface area contributed by atoms with E-state index >= 15 is 0 Å². The first kappa shape index (κ1) is 22.8. The van der Waals surface area contributed by atoms with Crippen molar-refractivity contribution >= 4 is 5.91 Å². The fourth-order valence-electron chi connectivity index (χ4n) is 4.20. The molecule has 2 aromatic heterocycles. The molecule has 1 aromatic carbocycles. The van der Waals surface area contributed by atoms with E-state index in [0.29, 0.717) is 37.9 Å². The minimum absolute atomic E-state index is 0.123. The molecule has 9 nitrogen and oxygen atoms in total. The summed E-state index contributed by atoms with van der Waals surface area (Å²) in [5.74, 6) is 0.355. The summed E-state index contributed by atoms with van der Waals surface area (Å²) in [5.41, 5.74) is 2.21. The van der Waals surface area contributed by atoms with E-state index in [-0.39, 0.29) is 46.3 Å². The topological polar surface area (TPSA) is 102 Å². The van der Waals surface area contributed by atoms with E-state index in [0.717, 1.165) is 11.3 Å². The molecule has 0 unspecified atom stereocenters. The maximum atomic E-state index is 13.7. The molecule has 2 aliphatic rings. The van der Waals surface area contributed by atoms with Gasteiger partial charge in [-0.25, -0.2) is 14.1 Å². The summed E-state index contributed by atoms with van der Waals surface area (Å²) >= 11 is 0. The number of hydrogen-bond acceptors (Lipinski definition) is 7. The fraction of sp³-hybridized carbons (Fsp3) is 0.360. The smallest absolute Gasteiger partial charge is 0.262 e. The number of aromatic nitrogens is 3. The molecule has 0 spiro atoms. The molecule has 1 fully saturated rings. The minimum Gasteiger partial charge on any atom is -0.494 e. The number of benzene rings is 1. The van der Waals surface area contributed by atoms with E-state index in [1.807, 2.05) is 6.92 Å². The van der Waals surface area contributed by atoms with Crippen LogP contribution in [0.1, 0.15) is 39.8 Å². The lowest BCUT2D eigenvalue weighted by Crippen LogP contribution is -2.44. The Morgan fingerprint density at radius 2 is 2.09 bits per heavy atom. The van der Waals surface area contributed by atoms with Gasteiger partial charge in [-0.05, 0) is 31.2 Å².